The van der Waals surface area contributed by atoms with Gasteiger partial charge in [-0.15, -0.1) is 21.5 Å². The number of rotatable bonds is 6. The Morgan fingerprint density at radius 2 is 1.94 bits per heavy atom. The normalized spacial score (nSPS) is 18.6. The fourth-order valence-corrected chi connectivity index (χ4v) is 5.43. The molecule has 0 spiro atoms. The lowest BCUT2D eigenvalue weighted by molar-refractivity contribution is 0.122. The van der Waals surface area contributed by atoms with Gasteiger partial charge in [-0.25, -0.2) is 4.98 Å². The summed E-state index contributed by atoms with van der Waals surface area (Å²) in [7, 11) is 1.71. The predicted molar refractivity (Wildman–Crippen MR) is 138 cm³/mol. The van der Waals surface area contributed by atoms with E-state index in [4.69, 9.17) is 14.5 Å². The smallest absolute Gasteiger partial charge is 0.162 e. The van der Waals surface area contributed by atoms with Gasteiger partial charge in [0, 0.05) is 56.2 Å². The highest BCUT2D eigenvalue weighted by molar-refractivity contribution is 7.09. The van der Waals surface area contributed by atoms with E-state index >= 15 is 0 Å². The van der Waals surface area contributed by atoms with Crippen LogP contribution in [0.3, 0.4) is 0 Å². The molecule has 2 aliphatic heterocycles. The van der Waals surface area contributed by atoms with Gasteiger partial charge in [0.2, 0.25) is 0 Å². The van der Waals surface area contributed by atoms with Crippen LogP contribution in [0.5, 0.6) is 0 Å². The maximum absolute atomic E-state index is 5.48. The average Bonchev–Trinajstić information content (AvgIpc) is 3.31. The number of methoxy groups -OCH3 is 1. The minimum absolute atomic E-state index is 0.563. The van der Waals surface area contributed by atoms with Crippen LogP contribution in [-0.2, 0) is 22.5 Å². The largest absolute Gasteiger partial charge is 0.378 e. The van der Waals surface area contributed by atoms with Gasteiger partial charge in [-0.05, 0) is 42.2 Å². The Balaban J connectivity index is 0.000000868. The Bertz CT molecular complexity index is 1040. The van der Waals surface area contributed by atoms with Crippen LogP contribution in [0.25, 0.3) is 10.9 Å². The maximum Gasteiger partial charge on any atom is 0.162 e. The summed E-state index contributed by atoms with van der Waals surface area (Å²) in [4.78, 5) is 9.44. The lowest BCUT2D eigenvalue weighted by atomic mass is 9.95. The fourth-order valence-electron chi connectivity index (χ4n) is 4.54. The minimum Gasteiger partial charge on any atom is -0.378 e. The topological polar surface area (TPSA) is 76.5 Å². The third kappa shape index (κ3) is 6.20. The standard InChI is InChI=1S/C22H28N6O2S.C3H8/c1-29-14-17-15-31-21(23-17)11-16-3-2-6-28(13-16)22-19-5-4-18(12-20(19)24-26-25-22)27-7-9-30-10-8-27;1-3-2/h4-5,12,15-16H,2-3,6-11,13-14H2,1H3;3H2,1-2H3. The summed E-state index contributed by atoms with van der Waals surface area (Å²) in [5.41, 5.74) is 3.10. The first-order chi connectivity index (χ1) is 16.7. The zero-order valence-electron chi connectivity index (χ0n) is 20.6. The summed E-state index contributed by atoms with van der Waals surface area (Å²) in [6.45, 7) is 10.2. The molecule has 184 valence electrons. The molecule has 0 amide bonds. The molecule has 1 atom stereocenters. The number of fused-ring (bicyclic) bond motifs is 1. The third-order valence-corrected chi connectivity index (χ3v) is 6.98. The number of hydrogen-bond donors (Lipinski definition) is 0. The SMILES string of the molecule is CCC.COCc1csc(CC2CCCN(c3nnnc4cc(N5CCOCC5)ccc34)C2)n1. The molecule has 1 aromatic carbocycles. The number of anilines is 2. The van der Waals surface area contributed by atoms with Gasteiger partial charge in [0.15, 0.2) is 5.82 Å². The first kappa shape index (κ1) is 24.8. The van der Waals surface area contributed by atoms with Crippen molar-refractivity contribution < 1.29 is 9.47 Å². The molecule has 2 fully saturated rings. The van der Waals surface area contributed by atoms with E-state index in [0.29, 0.717) is 12.5 Å². The van der Waals surface area contributed by atoms with E-state index in [0.717, 1.165) is 74.6 Å². The van der Waals surface area contributed by atoms with Crippen molar-refractivity contribution in [2.24, 2.45) is 5.92 Å². The predicted octanol–water partition coefficient (Wildman–Crippen LogP) is 4.34. The Labute approximate surface area is 206 Å². The number of benzene rings is 1. The quantitative estimate of drug-likeness (QED) is 0.511. The monoisotopic (exact) mass is 484 g/mol. The van der Waals surface area contributed by atoms with Crippen LogP contribution in [0.1, 0.15) is 43.8 Å². The van der Waals surface area contributed by atoms with Crippen LogP contribution >= 0.6 is 11.3 Å². The van der Waals surface area contributed by atoms with E-state index in [1.165, 1.54) is 23.5 Å². The van der Waals surface area contributed by atoms with E-state index < -0.39 is 0 Å². The van der Waals surface area contributed by atoms with Gasteiger partial charge < -0.3 is 19.3 Å². The maximum atomic E-state index is 5.48. The molecule has 4 heterocycles. The van der Waals surface area contributed by atoms with Crippen LogP contribution in [0.15, 0.2) is 23.6 Å². The first-order valence-electron chi connectivity index (χ1n) is 12.3. The first-order valence-corrected chi connectivity index (χ1v) is 13.2. The number of hydrogen-bond acceptors (Lipinski definition) is 9. The molecule has 0 saturated carbocycles. The molecule has 5 rings (SSSR count). The lowest BCUT2D eigenvalue weighted by Gasteiger charge is -2.33. The molecule has 8 nitrogen and oxygen atoms in total. The van der Waals surface area contributed by atoms with Crippen LogP contribution < -0.4 is 9.80 Å². The second-order valence-electron chi connectivity index (χ2n) is 8.95. The van der Waals surface area contributed by atoms with Crippen molar-refractivity contribution in [1.29, 1.82) is 0 Å². The molecule has 2 aromatic heterocycles. The number of nitrogens with zero attached hydrogens (tertiary/aromatic N) is 6. The van der Waals surface area contributed by atoms with Gasteiger partial charge in [0.1, 0.15) is 5.52 Å². The average molecular weight is 485 g/mol. The number of aromatic nitrogens is 4. The van der Waals surface area contributed by atoms with Crippen LogP contribution in [-0.4, -0.2) is 66.9 Å². The molecule has 34 heavy (non-hydrogen) atoms. The molecule has 9 heteroatoms. The Morgan fingerprint density at radius 1 is 1.12 bits per heavy atom. The highest BCUT2D eigenvalue weighted by Crippen LogP contribution is 2.31. The van der Waals surface area contributed by atoms with E-state index in [1.54, 1.807) is 18.4 Å². The third-order valence-electron chi connectivity index (χ3n) is 6.06. The van der Waals surface area contributed by atoms with Gasteiger partial charge in [0.05, 0.1) is 30.5 Å². The zero-order chi connectivity index (χ0) is 23.8. The van der Waals surface area contributed by atoms with E-state index in [-0.39, 0.29) is 0 Å². The summed E-state index contributed by atoms with van der Waals surface area (Å²) in [5, 5.41) is 17.2. The van der Waals surface area contributed by atoms with Crippen molar-refractivity contribution in [3.63, 3.8) is 0 Å². The summed E-state index contributed by atoms with van der Waals surface area (Å²) in [6.07, 6.45) is 4.62. The molecule has 0 aliphatic carbocycles. The zero-order valence-corrected chi connectivity index (χ0v) is 21.4. The van der Waals surface area contributed by atoms with Crippen molar-refractivity contribution in [2.75, 3.05) is 56.3 Å². The summed E-state index contributed by atoms with van der Waals surface area (Å²) < 4.78 is 10.7. The Morgan fingerprint density at radius 3 is 2.74 bits per heavy atom. The van der Waals surface area contributed by atoms with Gasteiger partial charge in [-0.2, -0.15) is 0 Å². The second-order valence-corrected chi connectivity index (χ2v) is 9.89. The molecule has 3 aromatic rings. The second kappa shape index (κ2) is 12.4. The summed E-state index contributed by atoms with van der Waals surface area (Å²) >= 11 is 1.74. The summed E-state index contributed by atoms with van der Waals surface area (Å²) in [6, 6.07) is 6.46. The Kier molecular flexibility index (Phi) is 9.01. The minimum atomic E-state index is 0.563. The molecular formula is C25H36N6O2S. The lowest BCUT2D eigenvalue weighted by Crippen LogP contribution is -2.37. The van der Waals surface area contributed by atoms with Crippen molar-refractivity contribution in [3.8, 4) is 0 Å². The Hall–Kier alpha value is -2.36. The van der Waals surface area contributed by atoms with Gasteiger partial charge >= 0.3 is 0 Å². The number of piperidine rings is 1. The molecule has 1 unspecified atom stereocenters. The van der Waals surface area contributed by atoms with Gasteiger partial charge in [0.25, 0.3) is 0 Å². The molecule has 0 bridgehead atoms. The number of thiazole rings is 1. The number of ether oxygens (including phenoxy) is 2. The fraction of sp³-hybridized carbons (Fsp3) is 0.600. The molecule has 0 radical (unpaired) electrons. The van der Waals surface area contributed by atoms with E-state index in [1.807, 2.05) is 0 Å². The van der Waals surface area contributed by atoms with Crippen molar-refractivity contribution in [1.82, 2.24) is 20.4 Å². The molecule has 2 saturated heterocycles. The van der Waals surface area contributed by atoms with Crippen LogP contribution in [0, 0.1) is 5.92 Å². The van der Waals surface area contributed by atoms with Gasteiger partial charge in [-0.1, -0.05) is 20.3 Å². The van der Waals surface area contributed by atoms with Crippen LogP contribution in [0.4, 0.5) is 11.5 Å². The number of morpholine rings is 1. The van der Waals surface area contributed by atoms with Crippen molar-refractivity contribution in [3.05, 3.63) is 34.3 Å². The molecular weight excluding hydrogens is 448 g/mol. The highest BCUT2D eigenvalue weighted by Gasteiger charge is 2.24. The van der Waals surface area contributed by atoms with E-state index in [9.17, 15) is 0 Å². The highest BCUT2D eigenvalue weighted by atomic mass is 32.1. The van der Waals surface area contributed by atoms with Crippen molar-refractivity contribution >= 4 is 33.7 Å². The molecule has 0 N–H and O–H groups in total. The summed E-state index contributed by atoms with van der Waals surface area (Å²) in [5.74, 6) is 1.51. The van der Waals surface area contributed by atoms with E-state index in [2.05, 4.69) is 62.6 Å². The van der Waals surface area contributed by atoms with Crippen molar-refractivity contribution in [2.45, 2.75) is 46.1 Å². The van der Waals surface area contributed by atoms with Gasteiger partial charge in [-0.3, -0.25) is 0 Å². The molecule has 2 aliphatic rings. The van der Waals surface area contributed by atoms with Crippen LogP contribution in [0.2, 0.25) is 0 Å².